The van der Waals surface area contributed by atoms with Crippen molar-refractivity contribution < 1.29 is 19.1 Å². The van der Waals surface area contributed by atoms with E-state index in [0.717, 1.165) is 6.42 Å². The van der Waals surface area contributed by atoms with E-state index in [1.165, 1.54) is 5.56 Å². The number of nitrogens with zero attached hydrogens (tertiary/aromatic N) is 1. The van der Waals surface area contributed by atoms with Crippen molar-refractivity contribution in [3.05, 3.63) is 72.3 Å². The van der Waals surface area contributed by atoms with Crippen LogP contribution in [0, 0.1) is 11.8 Å². The molecule has 0 radical (unpaired) electrons. The normalized spacial score (nSPS) is 28.6. The molecule has 154 valence electrons. The number of carbonyl (C=O) groups excluding carboxylic acids is 2. The van der Waals surface area contributed by atoms with Crippen LogP contribution in [0.2, 0.25) is 0 Å². The molecule has 0 aliphatic carbocycles. The van der Waals surface area contributed by atoms with Gasteiger partial charge in [0.1, 0.15) is 11.4 Å². The van der Waals surface area contributed by atoms with Gasteiger partial charge in [-0.05, 0) is 24.1 Å². The SMILES string of the molecule is COc1cccc(NC(=O)[C@@H]2[C@H]3C=C[C@]4(CN(CCc5ccccc5)C(=O)[C@@H]24)O3)c1. The number of hydrogen-bond donors (Lipinski definition) is 1. The Morgan fingerprint density at radius 2 is 2.07 bits per heavy atom. The molecule has 0 aromatic heterocycles. The van der Waals surface area contributed by atoms with Crippen molar-refractivity contribution in [1.82, 2.24) is 4.90 Å². The lowest BCUT2D eigenvalue weighted by molar-refractivity contribution is -0.135. The van der Waals surface area contributed by atoms with Crippen LogP contribution in [0.4, 0.5) is 5.69 Å². The van der Waals surface area contributed by atoms with Gasteiger partial charge < -0.3 is 19.7 Å². The molecule has 2 fully saturated rings. The Kier molecular flexibility index (Phi) is 4.59. The third-order valence-corrected chi connectivity index (χ3v) is 6.33. The van der Waals surface area contributed by atoms with E-state index in [4.69, 9.17) is 9.47 Å². The molecule has 0 unspecified atom stereocenters. The Morgan fingerprint density at radius 1 is 1.23 bits per heavy atom. The summed E-state index contributed by atoms with van der Waals surface area (Å²) in [5.74, 6) is -0.534. The molecule has 2 bridgehead atoms. The number of likely N-dealkylation sites (tertiary alicyclic amines) is 1. The van der Waals surface area contributed by atoms with Gasteiger partial charge in [0.25, 0.3) is 0 Å². The summed E-state index contributed by atoms with van der Waals surface area (Å²) in [4.78, 5) is 28.3. The molecule has 2 saturated heterocycles. The molecule has 1 spiro atoms. The van der Waals surface area contributed by atoms with Crippen molar-refractivity contribution in [3.8, 4) is 5.75 Å². The second-order valence-electron chi connectivity index (χ2n) is 8.12. The molecule has 2 aromatic rings. The van der Waals surface area contributed by atoms with Crippen LogP contribution in [0.25, 0.3) is 0 Å². The fourth-order valence-corrected chi connectivity index (χ4v) is 4.90. The highest BCUT2D eigenvalue weighted by atomic mass is 16.5. The molecule has 0 saturated carbocycles. The van der Waals surface area contributed by atoms with Crippen LogP contribution in [0.15, 0.2) is 66.7 Å². The van der Waals surface area contributed by atoms with Gasteiger partial charge in [-0.3, -0.25) is 9.59 Å². The largest absolute Gasteiger partial charge is 0.497 e. The zero-order valence-electron chi connectivity index (χ0n) is 16.8. The monoisotopic (exact) mass is 404 g/mol. The predicted molar refractivity (Wildman–Crippen MR) is 112 cm³/mol. The van der Waals surface area contributed by atoms with Crippen LogP contribution in [0.1, 0.15) is 5.56 Å². The third kappa shape index (κ3) is 3.08. The van der Waals surface area contributed by atoms with E-state index in [1.54, 1.807) is 13.2 Å². The van der Waals surface area contributed by atoms with Gasteiger partial charge in [0, 0.05) is 18.3 Å². The topological polar surface area (TPSA) is 67.9 Å². The molecule has 3 aliphatic heterocycles. The summed E-state index contributed by atoms with van der Waals surface area (Å²) in [6, 6.07) is 17.3. The first kappa shape index (κ1) is 18.9. The quantitative estimate of drug-likeness (QED) is 0.752. The minimum absolute atomic E-state index is 0.00331. The predicted octanol–water partition coefficient (Wildman–Crippen LogP) is 2.66. The second kappa shape index (κ2) is 7.29. The number of rotatable bonds is 6. The van der Waals surface area contributed by atoms with Crippen molar-refractivity contribution in [2.45, 2.75) is 18.1 Å². The molecular formula is C24H24N2O4. The lowest BCUT2D eigenvalue weighted by Crippen LogP contribution is -2.41. The van der Waals surface area contributed by atoms with Crippen molar-refractivity contribution in [2.75, 3.05) is 25.5 Å². The average molecular weight is 404 g/mol. The standard InChI is InChI=1S/C24H24N2O4/c1-29-18-9-5-8-17(14-18)25-22(27)20-19-10-12-24(30-19)15-26(23(28)21(20)24)13-11-16-6-3-2-4-7-16/h2-10,12,14,19-21H,11,13,15H2,1H3,(H,25,27)/t19-,20-,21-,24-/m1/s1. The van der Waals surface area contributed by atoms with E-state index < -0.39 is 17.4 Å². The number of methoxy groups -OCH3 is 1. The maximum Gasteiger partial charge on any atom is 0.231 e. The van der Waals surface area contributed by atoms with Crippen molar-refractivity contribution >= 4 is 17.5 Å². The maximum absolute atomic E-state index is 13.3. The number of ether oxygens (including phenoxy) is 2. The summed E-state index contributed by atoms with van der Waals surface area (Å²) in [5, 5.41) is 2.94. The van der Waals surface area contributed by atoms with Crippen LogP contribution in [0.3, 0.4) is 0 Å². The van der Waals surface area contributed by atoms with Gasteiger partial charge in [-0.15, -0.1) is 0 Å². The number of carbonyl (C=O) groups is 2. The number of hydrogen-bond acceptors (Lipinski definition) is 4. The van der Waals surface area contributed by atoms with E-state index in [0.29, 0.717) is 24.5 Å². The summed E-state index contributed by atoms with van der Waals surface area (Å²) >= 11 is 0. The Balaban J connectivity index is 1.32. The van der Waals surface area contributed by atoms with Gasteiger partial charge in [0.2, 0.25) is 11.8 Å². The van der Waals surface area contributed by atoms with Crippen LogP contribution < -0.4 is 10.1 Å². The highest BCUT2D eigenvalue weighted by molar-refractivity contribution is 5.99. The Bertz CT molecular complexity index is 1010. The van der Waals surface area contributed by atoms with Gasteiger partial charge in [-0.2, -0.15) is 0 Å². The molecule has 3 aliphatic rings. The maximum atomic E-state index is 13.3. The van der Waals surface area contributed by atoms with E-state index in [2.05, 4.69) is 17.4 Å². The first-order valence-electron chi connectivity index (χ1n) is 10.2. The van der Waals surface area contributed by atoms with Gasteiger partial charge in [0.05, 0.1) is 31.6 Å². The molecule has 2 aromatic carbocycles. The number of benzene rings is 2. The fourth-order valence-electron chi connectivity index (χ4n) is 4.90. The van der Waals surface area contributed by atoms with E-state index in [1.807, 2.05) is 53.5 Å². The second-order valence-corrected chi connectivity index (χ2v) is 8.12. The minimum atomic E-state index is -0.686. The zero-order valence-corrected chi connectivity index (χ0v) is 16.8. The first-order chi connectivity index (χ1) is 14.6. The summed E-state index contributed by atoms with van der Waals surface area (Å²) in [5.41, 5.74) is 1.15. The molecule has 30 heavy (non-hydrogen) atoms. The van der Waals surface area contributed by atoms with Gasteiger partial charge in [-0.1, -0.05) is 48.6 Å². The minimum Gasteiger partial charge on any atom is -0.497 e. The van der Waals surface area contributed by atoms with Crippen LogP contribution in [-0.4, -0.2) is 48.6 Å². The van der Waals surface area contributed by atoms with E-state index in [9.17, 15) is 9.59 Å². The smallest absolute Gasteiger partial charge is 0.231 e. The summed E-state index contributed by atoms with van der Waals surface area (Å²) in [6.07, 6.45) is 4.34. The number of fused-ring (bicyclic) bond motifs is 1. The zero-order chi connectivity index (χ0) is 20.7. The van der Waals surface area contributed by atoms with Crippen LogP contribution >= 0.6 is 0 Å². The fraction of sp³-hybridized carbons (Fsp3) is 0.333. The highest BCUT2D eigenvalue weighted by Crippen LogP contribution is 2.52. The molecule has 3 heterocycles. The summed E-state index contributed by atoms with van der Waals surface area (Å²) < 4.78 is 11.4. The number of nitrogens with one attached hydrogen (secondary N) is 1. The van der Waals surface area contributed by atoms with Gasteiger partial charge in [0.15, 0.2) is 0 Å². The van der Waals surface area contributed by atoms with E-state index in [-0.39, 0.29) is 17.9 Å². The summed E-state index contributed by atoms with van der Waals surface area (Å²) in [6.45, 7) is 1.12. The molecule has 1 N–H and O–H groups in total. The van der Waals surface area contributed by atoms with Gasteiger partial charge >= 0.3 is 0 Å². The third-order valence-electron chi connectivity index (χ3n) is 6.33. The Hall–Kier alpha value is -3.12. The number of anilines is 1. The van der Waals surface area contributed by atoms with E-state index >= 15 is 0 Å². The van der Waals surface area contributed by atoms with Crippen LogP contribution in [-0.2, 0) is 20.7 Å². The molecule has 5 rings (SSSR count). The molecule has 4 atom stereocenters. The molecule has 2 amide bonds. The van der Waals surface area contributed by atoms with Crippen LogP contribution in [0.5, 0.6) is 5.75 Å². The molecule has 6 heteroatoms. The average Bonchev–Trinajstić information content (AvgIpc) is 3.41. The van der Waals surface area contributed by atoms with Crippen molar-refractivity contribution in [2.24, 2.45) is 11.8 Å². The first-order valence-corrected chi connectivity index (χ1v) is 10.2. The van der Waals surface area contributed by atoms with Crippen molar-refractivity contribution in [1.29, 1.82) is 0 Å². The van der Waals surface area contributed by atoms with Crippen molar-refractivity contribution in [3.63, 3.8) is 0 Å². The molecule has 6 nitrogen and oxygen atoms in total. The molecular weight excluding hydrogens is 380 g/mol. The number of amides is 2. The Morgan fingerprint density at radius 3 is 2.87 bits per heavy atom. The summed E-state index contributed by atoms with van der Waals surface area (Å²) in [7, 11) is 1.58. The lowest BCUT2D eigenvalue weighted by atomic mass is 9.77. The lowest BCUT2D eigenvalue weighted by Gasteiger charge is -2.23. The Labute approximate surface area is 175 Å². The highest BCUT2D eigenvalue weighted by Gasteiger charge is 2.66. The van der Waals surface area contributed by atoms with Gasteiger partial charge in [-0.25, -0.2) is 0 Å².